The Kier molecular flexibility index (Phi) is 1.90. The zero-order valence-electron chi connectivity index (χ0n) is 7.58. The van der Waals surface area contributed by atoms with Gasteiger partial charge in [0.2, 0.25) is 0 Å². The molecule has 14 heavy (non-hydrogen) atoms. The van der Waals surface area contributed by atoms with E-state index < -0.39 is 5.82 Å². The average molecular weight is 186 g/mol. The van der Waals surface area contributed by atoms with Gasteiger partial charge in [0.25, 0.3) is 0 Å². The number of benzene rings is 1. The zero-order valence-corrected chi connectivity index (χ0v) is 7.58. The van der Waals surface area contributed by atoms with Gasteiger partial charge in [-0.3, -0.25) is 4.98 Å². The van der Waals surface area contributed by atoms with Crippen molar-refractivity contribution >= 4 is 10.9 Å². The van der Waals surface area contributed by atoms with Gasteiger partial charge in [-0.15, -0.1) is 0 Å². The predicted molar refractivity (Wildman–Crippen MR) is 51.2 cm³/mol. The first-order chi connectivity index (χ1) is 6.72. The van der Waals surface area contributed by atoms with Gasteiger partial charge in [0.05, 0.1) is 11.1 Å². The molecule has 0 saturated carbocycles. The summed E-state index contributed by atoms with van der Waals surface area (Å²) in [5.41, 5.74) is 1.64. The van der Waals surface area contributed by atoms with Crippen LogP contribution in [0.15, 0.2) is 24.4 Å². The molecule has 0 bridgehead atoms. The number of pyridine rings is 1. The Balaban J connectivity index is 2.89. The summed E-state index contributed by atoms with van der Waals surface area (Å²) in [7, 11) is 0. The van der Waals surface area contributed by atoms with Crippen molar-refractivity contribution in [1.29, 1.82) is 5.26 Å². The van der Waals surface area contributed by atoms with Gasteiger partial charge < -0.3 is 0 Å². The summed E-state index contributed by atoms with van der Waals surface area (Å²) < 4.78 is 13.2. The van der Waals surface area contributed by atoms with Gasteiger partial charge in [0, 0.05) is 17.6 Å². The van der Waals surface area contributed by atoms with Crippen molar-refractivity contribution in [1.82, 2.24) is 4.98 Å². The first kappa shape index (κ1) is 8.64. The van der Waals surface area contributed by atoms with Crippen molar-refractivity contribution in [3.05, 3.63) is 41.3 Å². The van der Waals surface area contributed by atoms with E-state index in [1.165, 1.54) is 12.1 Å². The van der Waals surface area contributed by atoms with E-state index in [0.717, 1.165) is 10.9 Å². The maximum absolute atomic E-state index is 13.2. The lowest BCUT2D eigenvalue weighted by Gasteiger charge is -2.01. The lowest BCUT2D eigenvalue weighted by molar-refractivity contribution is 0.625. The van der Waals surface area contributed by atoms with Crippen LogP contribution in [0.2, 0.25) is 0 Å². The van der Waals surface area contributed by atoms with Gasteiger partial charge in [-0.2, -0.15) is 5.26 Å². The fourth-order valence-electron chi connectivity index (χ4n) is 1.39. The van der Waals surface area contributed by atoms with E-state index in [1.54, 1.807) is 6.20 Å². The summed E-state index contributed by atoms with van der Waals surface area (Å²) in [6, 6.07) is 6.47. The highest BCUT2D eigenvalue weighted by molar-refractivity contribution is 5.83. The molecule has 1 heterocycles. The second-order valence-corrected chi connectivity index (χ2v) is 3.09. The third-order valence-electron chi connectivity index (χ3n) is 2.17. The number of hydrogen-bond donors (Lipinski definition) is 0. The third kappa shape index (κ3) is 1.21. The van der Waals surface area contributed by atoms with Crippen LogP contribution in [0.5, 0.6) is 0 Å². The summed E-state index contributed by atoms with van der Waals surface area (Å²) in [6.45, 7) is 1.91. The summed E-state index contributed by atoms with van der Waals surface area (Å²) in [5.74, 6) is -0.516. The minimum Gasteiger partial charge on any atom is -0.256 e. The third-order valence-corrected chi connectivity index (χ3v) is 2.17. The van der Waals surface area contributed by atoms with Crippen molar-refractivity contribution in [3.8, 4) is 6.07 Å². The van der Waals surface area contributed by atoms with Gasteiger partial charge in [0.1, 0.15) is 11.9 Å². The minimum atomic E-state index is -0.516. The summed E-state index contributed by atoms with van der Waals surface area (Å²) in [4.78, 5) is 4.03. The fraction of sp³-hybridized carbons (Fsp3) is 0.0909. The Morgan fingerprint density at radius 1 is 1.43 bits per heavy atom. The van der Waals surface area contributed by atoms with Crippen molar-refractivity contribution in [2.24, 2.45) is 0 Å². The molecule has 2 nitrogen and oxygen atoms in total. The maximum Gasteiger partial charge on any atom is 0.143 e. The molecule has 0 aliphatic heterocycles. The molecule has 68 valence electrons. The van der Waals surface area contributed by atoms with Crippen LogP contribution >= 0.6 is 0 Å². The van der Waals surface area contributed by atoms with Crippen LogP contribution in [0, 0.1) is 24.1 Å². The van der Waals surface area contributed by atoms with Crippen molar-refractivity contribution in [3.63, 3.8) is 0 Å². The molecule has 0 unspecified atom stereocenters. The zero-order chi connectivity index (χ0) is 10.1. The fourth-order valence-corrected chi connectivity index (χ4v) is 1.39. The largest absolute Gasteiger partial charge is 0.256 e. The molecule has 1 aromatic carbocycles. The Hall–Kier alpha value is -1.95. The molecule has 3 heteroatoms. The highest BCUT2D eigenvalue weighted by Gasteiger charge is 2.05. The molecule has 0 aliphatic rings. The summed E-state index contributed by atoms with van der Waals surface area (Å²) >= 11 is 0. The predicted octanol–water partition coefficient (Wildman–Crippen LogP) is 2.55. The van der Waals surface area contributed by atoms with Crippen LogP contribution in [0.4, 0.5) is 4.39 Å². The second-order valence-electron chi connectivity index (χ2n) is 3.09. The van der Waals surface area contributed by atoms with Crippen LogP contribution in [0.3, 0.4) is 0 Å². The average Bonchev–Trinajstić information content (AvgIpc) is 2.17. The number of nitriles is 1. The molecule has 0 saturated heterocycles. The van der Waals surface area contributed by atoms with E-state index in [0.29, 0.717) is 5.52 Å². The summed E-state index contributed by atoms with van der Waals surface area (Å²) in [5, 5.41) is 9.48. The van der Waals surface area contributed by atoms with Crippen LogP contribution in [-0.4, -0.2) is 4.98 Å². The lowest BCUT2D eigenvalue weighted by atomic mass is 10.1. The maximum atomic E-state index is 13.2. The Morgan fingerprint density at radius 2 is 2.21 bits per heavy atom. The lowest BCUT2D eigenvalue weighted by Crippen LogP contribution is -1.88. The van der Waals surface area contributed by atoms with E-state index in [4.69, 9.17) is 5.26 Å². The summed E-state index contributed by atoms with van der Waals surface area (Å²) in [6.07, 6.45) is 1.63. The van der Waals surface area contributed by atoms with Gasteiger partial charge in [0.15, 0.2) is 0 Å². The number of hydrogen-bond acceptors (Lipinski definition) is 2. The standard InChI is InChI=1S/C11H7FN2/c1-7-2-3-14-11-5-10(12)8(6-13)4-9(7)11/h2-5H,1H3. The number of fused-ring (bicyclic) bond motifs is 1. The quantitative estimate of drug-likeness (QED) is 0.634. The van der Waals surface area contributed by atoms with Crippen molar-refractivity contribution in [2.75, 3.05) is 0 Å². The minimum absolute atomic E-state index is 0.0635. The molecular formula is C11H7FN2. The Labute approximate surface area is 80.6 Å². The molecule has 0 atom stereocenters. The van der Waals surface area contributed by atoms with E-state index in [2.05, 4.69) is 4.98 Å². The molecule has 0 N–H and O–H groups in total. The number of halogens is 1. The van der Waals surface area contributed by atoms with Gasteiger partial charge in [-0.1, -0.05) is 0 Å². The Bertz CT molecular complexity index is 541. The van der Waals surface area contributed by atoms with E-state index in [1.807, 2.05) is 19.1 Å². The molecule has 0 aliphatic carbocycles. The number of aromatic nitrogens is 1. The van der Waals surface area contributed by atoms with E-state index >= 15 is 0 Å². The van der Waals surface area contributed by atoms with E-state index in [9.17, 15) is 4.39 Å². The molecular weight excluding hydrogens is 179 g/mol. The number of rotatable bonds is 0. The van der Waals surface area contributed by atoms with Gasteiger partial charge >= 0.3 is 0 Å². The highest BCUT2D eigenvalue weighted by Crippen LogP contribution is 2.19. The SMILES string of the molecule is Cc1ccnc2cc(F)c(C#N)cc12. The van der Waals surface area contributed by atoms with Crippen molar-refractivity contribution < 1.29 is 4.39 Å². The van der Waals surface area contributed by atoms with Crippen molar-refractivity contribution in [2.45, 2.75) is 6.92 Å². The molecule has 0 amide bonds. The smallest absolute Gasteiger partial charge is 0.143 e. The van der Waals surface area contributed by atoms with Crippen LogP contribution in [0.1, 0.15) is 11.1 Å². The molecule has 2 aromatic rings. The van der Waals surface area contributed by atoms with Crippen LogP contribution in [-0.2, 0) is 0 Å². The molecule has 0 radical (unpaired) electrons. The number of nitrogens with zero attached hydrogens (tertiary/aromatic N) is 2. The monoisotopic (exact) mass is 186 g/mol. The van der Waals surface area contributed by atoms with E-state index in [-0.39, 0.29) is 5.56 Å². The first-order valence-corrected chi connectivity index (χ1v) is 4.17. The normalized spacial score (nSPS) is 10.1. The molecule has 0 spiro atoms. The first-order valence-electron chi connectivity index (χ1n) is 4.17. The second kappa shape index (κ2) is 3.08. The molecule has 0 fully saturated rings. The highest BCUT2D eigenvalue weighted by atomic mass is 19.1. The molecule has 1 aromatic heterocycles. The topological polar surface area (TPSA) is 36.7 Å². The molecule has 2 rings (SSSR count). The van der Waals surface area contributed by atoms with Gasteiger partial charge in [-0.05, 0) is 24.6 Å². The van der Waals surface area contributed by atoms with Crippen LogP contribution < -0.4 is 0 Å². The van der Waals surface area contributed by atoms with Gasteiger partial charge in [-0.25, -0.2) is 4.39 Å². The van der Waals surface area contributed by atoms with Crippen LogP contribution in [0.25, 0.3) is 10.9 Å². The number of aryl methyl sites for hydroxylation is 1. The Morgan fingerprint density at radius 3 is 2.93 bits per heavy atom.